The summed E-state index contributed by atoms with van der Waals surface area (Å²) in [6, 6.07) is 8.12. The molecule has 0 radical (unpaired) electrons. The molecule has 2 aromatic carbocycles. The number of hydrogen-bond acceptors (Lipinski definition) is 5. The van der Waals surface area contributed by atoms with Crippen LogP contribution in [0.3, 0.4) is 0 Å². The molecule has 0 aliphatic carbocycles. The summed E-state index contributed by atoms with van der Waals surface area (Å²) in [6.45, 7) is 0. The Morgan fingerprint density at radius 3 is 2.07 bits per heavy atom. The number of fused-ring (bicyclic) bond motifs is 1. The van der Waals surface area contributed by atoms with Crippen LogP contribution in [-0.4, -0.2) is 42.8 Å². The largest absolute Gasteiger partial charge is 0.493 e. The zero-order valence-corrected chi connectivity index (χ0v) is 15.4. The number of ether oxygens (including phenoxy) is 3. The molecule has 0 unspecified atom stereocenters. The van der Waals surface area contributed by atoms with Gasteiger partial charge in [-0.1, -0.05) is 0 Å². The smallest absolute Gasteiger partial charge is 0.337 e. The topological polar surface area (TPSA) is 87.0 Å². The molecular weight excluding hydrogens is 350 g/mol. The van der Waals surface area contributed by atoms with Crippen LogP contribution >= 0.6 is 0 Å². The number of methoxy groups -OCH3 is 3. The second-order valence-corrected chi connectivity index (χ2v) is 5.93. The van der Waals surface area contributed by atoms with Gasteiger partial charge in [0.05, 0.1) is 26.9 Å². The standard InChI is InChI=1S/C20H19NO6/c1-21-10-14(20(23)24)13-7-11(5-6-15(13)21)18(22)12-8-16(25-2)19(27-4)17(9-12)26-3/h5-10H,1-4H3,(H,23,24). The lowest BCUT2D eigenvalue weighted by molar-refractivity contribution is 0.0698. The molecule has 0 saturated heterocycles. The van der Waals surface area contributed by atoms with Gasteiger partial charge in [-0.15, -0.1) is 0 Å². The highest BCUT2D eigenvalue weighted by molar-refractivity contribution is 6.13. The molecule has 0 spiro atoms. The minimum Gasteiger partial charge on any atom is -0.493 e. The van der Waals surface area contributed by atoms with E-state index in [0.717, 1.165) is 5.52 Å². The van der Waals surface area contributed by atoms with Crippen molar-refractivity contribution in [3.63, 3.8) is 0 Å². The van der Waals surface area contributed by atoms with Crippen LogP contribution in [0.25, 0.3) is 10.9 Å². The van der Waals surface area contributed by atoms with Gasteiger partial charge < -0.3 is 23.9 Å². The number of hydrogen-bond donors (Lipinski definition) is 1. The van der Waals surface area contributed by atoms with E-state index in [-0.39, 0.29) is 11.3 Å². The fraction of sp³-hybridized carbons (Fsp3) is 0.200. The highest BCUT2D eigenvalue weighted by Crippen LogP contribution is 2.38. The fourth-order valence-electron chi connectivity index (χ4n) is 3.08. The molecular formula is C20H19NO6. The third-order valence-corrected chi connectivity index (χ3v) is 4.41. The molecule has 1 heterocycles. The second kappa shape index (κ2) is 7.03. The summed E-state index contributed by atoms with van der Waals surface area (Å²) in [5.74, 6) is -0.197. The number of carbonyl (C=O) groups excluding carboxylic acids is 1. The summed E-state index contributed by atoms with van der Waals surface area (Å²) in [5, 5.41) is 9.89. The predicted octanol–water partition coefficient (Wildman–Crippen LogP) is 3.13. The van der Waals surface area contributed by atoms with E-state index in [2.05, 4.69) is 0 Å². The van der Waals surface area contributed by atoms with Gasteiger partial charge in [0.15, 0.2) is 17.3 Å². The van der Waals surface area contributed by atoms with Crippen LogP contribution in [0.15, 0.2) is 36.5 Å². The maximum atomic E-state index is 13.0. The number of ketones is 1. The summed E-state index contributed by atoms with van der Waals surface area (Å²) in [7, 11) is 6.19. The van der Waals surface area contributed by atoms with Crippen molar-refractivity contribution in [2.75, 3.05) is 21.3 Å². The summed E-state index contributed by atoms with van der Waals surface area (Å²) >= 11 is 0. The van der Waals surface area contributed by atoms with Crippen molar-refractivity contribution in [1.82, 2.24) is 4.57 Å². The monoisotopic (exact) mass is 369 g/mol. The van der Waals surface area contributed by atoms with Gasteiger partial charge in [-0.25, -0.2) is 4.79 Å². The van der Waals surface area contributed by atoms with Crippen molar-refractivity contribution in [3.8, 4) is 17.2 Å². The maximum absolute atomic E-state index is 13.0. The number of benzene rings is 2. The number of aryl methyl sites for hydroxylation is 1. The van der Waals surface area contributed by atoms with Gasteiger partial charge in [0.25, 0.3) is 0 Å². The number of carbonyl (C=O) groups is 2. The Morgan fingerprint density at radius 2 is 1.56 bits per heavy atom. The number of carboxylic acids is 1. The van der Waals surface area contributed by atoms with Gasteiger partial charge in [0, 0.05) is 35.3 Å². The molecule has 0 aliphatic heterocycles. The van der Waals surface area contributed by atoms with Crippen LogP contribution in [0.2, 0.25) is 0 Å². The molecule has 27 heavy (non-hydrogen) atoms. The zero-order valence-electron chi connectivity index (χ0n) is 15.4. The average Bonchev–Trinajstić information content (AvgIpc) is 3.02. The average molecular weight is 369 g/mol. The SMILES string of the molecule is COc1cc(C(=O)c2ccc3c(c2)c(C(=O)O)cn3C)cc(OC)c1OC. The van der Waals surface area contributed by atoms with Crippen LogP contribution in [0.1, 0.15) is 26.3 Å². The van der Waals surface area contributed by atoms with Gasteiger partial charge >= 0.3 is 5.97 Å². The molecule has 0 atom stereocenters. The molecule has 0 fully saturated rings. The molecule has 3 aromatic rings. The Bertz CT molecular complexity index is 1030. The van der Waals surface area contributed by atoms with E-state index in [1.54, 1.807) is 41.9 Å². The van der Waals surface area contributed by atoms with Gasteiger partial charge in [-0.3, -0.25) is 4.79 Å². The van der Waals surface area contributed by atoms with Crippen LogP contribution in [0.4, 0.5) is 0 Å². The van der Waals surface area contributed by atoms with Crippen LogP contribution in [0.5, 0.6) is 17.2 Å². The molecule has 140 valence electrons. The lowest BCUT2D eigenvalue weighted by Gasteiger charge is -2.13. The van der Waals surface area contributed by atoms with Crippen molar-refractivity contribution in [2.45, 2.75) is 0 Å². The molecule has 7 heteroatoms. The molecule has 1 N–H and O–H groups in total. The molecule has 0 bridgehead atoms. The highest BCUT2D eigenvalue weighted by atomic mass is 16.5. The van der Waals surface area contributed by atoms with Gasteiger partial charge in [0.1, 0.15) is 0 Å². The Morgan fingerprint density at radius 1 is 0.926 bits per heavy atom. The number of nitrogens with zero attached hydrogens (tertiary/aromatic N) is 1. The Labute approximate surface area is 155 Å². The first-order valence-corrected chi connectivity index (χ1v) is 8.08. The van der Waals surface area contributed by atoms with E-state index < -0.39 is 5.97 Å². The van der Waals surface area contributed by atoms with E-state index in [1.807, 2.05) is 0 Å². The number of aromatic carboxylic acids is 1. The first-order valence-electron chi connectivity index (χ1n) is 8.08. The molecule has 3 rings (SSSR count). The minimum absolute atomic E-state index is 0.145. The number of aromatic nitrogens is 1. The third-order valence-electron chi connectivity index (χ3n) is 4.41. The quantitative estimate of drug-likeness (QED) is 0.672. The van der Waals surface area contributed by atoms with E-state index in [9.17, 15) is 14.7 Å². The predicted molar refractivity (Wildman–Crippen MR) is 99.4 cm³/mol. The van der Waals surface area contributed by atoms with Gasteiger partial charge in [0.2, 0.25) is 5.75 Å². The van der Waals surface area contributed by atoms with E-state index >= 15 is 0 Å². The second-order valence-electron chi connectivity index (χ2n) is 5.93. The van der Waals surface area contributed by atoms with Crippen molar-refractivity contribution in [1.29, 1.82) is 0 Å². The van der Waals surface area contributed by atoms with E-state index in [0.29, 0.717) is 33.8 Å². The molecule has 0 amide bonds. The first-order chi connectivity index (χ1) is 12.9. The maximum Gasteiger partial charge on any atom is 0.337 e. The lowest BCUT2D eigenvalue weighted by Crippen LogP contribution is -2.04. The van der Waals surface area contributed by atoms with Crippen LogP contribution in [0, 0.1) is 0 Å². The number of rotatable bonds is 6. The summed E-state index contributed by atoms with van der Waals surface area (Å²) in [5.41, 5.74) is 1.59. The van der Waals surface area contributed by atoms with E-state index in [4.69, 9.17) is 14.2 Å². The lowest BCUT2D eigenvalue weighted by atomic mass is 10.00. The van der Waals surface area contributed by atoms with Crippen LogP contribution < -0.4 is 14.2 Å². The molecule has 0 saturated carbocycles. The molecule has 0 aliphatic rings. The Kier molecular flexibility index (Phi) is 4.77. The van der Waals surface area contributed by atoms with Crippen molar-refractivity contribution in [2.24, 2.45) is 7.05 Å². The zero-order chi connectivity index (χ0) is 19.7. The Hall–Kier alpha value is -3.48. The summed E-state index contributed by atoms with van der Waals surface area (Å²) < 4.78 is 17.6. The summed E-state index contributed by atoms with van der Waals surface area (Å²) in [4.78, 5) is 24.5. The van der Waals surface area contributed by atoms with Gasteiger partial charge in [-0.2, -0.15) is 0 Å². The summed E-state index contributed by atoms with van der Waals surface area (Å²) in [6.07, 6.45) is 1.53. The van der Waals surface area contributed by atoms with Crippen molar-refractivity contribution >= 4 is 22.7 Å². The highest BCUT2D eigenvalue weighted by Gasteiger charge is 2.20. The normalized spacial score (nSPS) is 10.7. The van der Waals surface area contributed by atoms with E-state index in [1.165, 1.54) is 27.5 Å². The van der Waals surface area contributed by atoms with Crippen LogP contribution in [-0.2, 0) is 7.05 Å². The number of carboxylic acid groups (broad SMARTS) is 1. The van der Waals surface area contributed by atoms with Crippen molar-refractivity contribution in [3.05, 3.63) is 53.2 Å². The van der Waals surface area contributed by atoms with Crippen molar-refractivity contribution < 1.29 is 28.9 Å². The molecule has 1 aromatic heterocycles. The Balaban J connectivity index is 2.13. The fourth-order valence-corrected chi connectivity index (χ4v) is 3.08. The minimum atomic E-state index is -1.04. The van der Waals surface area contributed by atoms with Gasteiger partial charge in [-0.05, 0) is 30.3 Å². The third kappa shape index (κ3) is 3.08. The first kappa shape index (κ1) is 18.3. The molecule has 7 nitrogen and oxygen atoms in total.